The molecule has 6 heteroatoms. The molecule has 5 nitrogen and oxygen atoms in total. The maximum atomic E-state index is 12.7. The Morgan fingerprint density at radius 2 is 1.32 bits per heavy atom. The van der Waals surface area contributed by atoms with E-state index in [1.165, 1.54) is 4.90 Å². The molecule has 3 aliphatic carbocycles. The van der Waals surface area contributed by atoms with Gasteiger partial charge in [0.2, 0.25) is 0 Å². The minimum Gasteiger partial charge on any atom is -0.403 e. The number of amides is 2. The van der Waals surface area contributed by atoms with Crippen molar-refractivity contribution in [1.82, 2.24) is 4.90 Å². The van der Waals surface area contributed by atoms with Gasteiger partial charge in [0.05, 0.1) is 27.9 Å². The van der Waals surface area contributed by atoms with Crippen molar-refractivity contribution in [3.63, 3.8) is 0 Å². The van der Waals surface area contributed by atoms with Crippen molar-refractivity contribution in [2.45, 2.75) is 69.0 Å². The second-order valence-electron chi connectivity index (χ2n) is 9.20. The Morgan fingerprint density at radius 1 is 0.880 bits per heavy atom. The number of carbonyl (C=O) groups excluding carboxylic acids is 2. The summed E-state index contributed by atoms with van der Waals surface area (Å²) < 4.78 is 12.4. The molecule has 5 aliphatic rings. The highest BCUT2D eigenvalue weighted by Crippen LogP contribution is 2.78. The summed E-state index contributed by atoms with van der Waals surface area (Å²) in [7, 11) is -0.255. The summed E-state index contributed by atoms with van der Waals surface area (Å²) in [6.07, 6.45) is 2.34. The number of hydrogen-bond donors (Lipinski definition) is 0. The predicted octanol–water partition coefficient (Wildman–Crippen LogP) is 3.05. The van der Waals surface area contributed by atoms with Crippen LogP contribution in [-0.4, -0.2) is 40.6 Å². The SMILES string of the molecule is CC1(C)OB(C23CC(N4C(=O)c5ccccc5C4=O)(C2)C3)OC1(C)C. The van der Waals surface area contributed by atoms with Gasteiger partial charge in [0.15, 0.2) is 0 Å². The molecule has 0 aromatic heterocycles. The third kappa shape index (κ3) is 1.67. The highest BCUT2D eigenvalue weighted by molar-refractivity contribution is 6.51. The molecule has 0 unspecified atom stereocenters. The third-order valence-electron chi connectivity index (χ3n) is 7.07. The van der Waals surface area contributed by atoms with Gasteiger partial charge in [-0.25, -0.2) is 0 Å². The van der Waals surface area contributed by atoms with E-state index in [4.69, 9.17) is 9.31 Å². The van der Waals surface area contributed by atoms with E-state index in [9.17, 15) is 9.59 Å². The van der Waals surface area contributed by atoms with Gasteiger partial charge in [-0.3, -0.25) is 14.5 Å². The number of hydrogen-bond acceptors (Lipinski definition) is 4. The number of rotatable bonds is 2. The lowest BCUT2D eigenvalue weighted by Gasteiger charge is -2.72. The Kier molecular flexibility index (Phi) is 2.61. The quantitative estimate of drug-likeness (QED) is 0.614. The van der Waals surface area contributed by atoms with E-state index in [0.717, 1.165) is 19.3 Å². The highest BCUT2D eigenvalue weighted by Gasteiger charge is 2.80. The zero-order chi connectivity index (χ0) is 17.8. The lowest BCUT2D eigenvalue weighted by molar-refractivity contribution is -0.109. The maximum Gasteiger partial charge on any atom is 0.464 e. The second-order valence-corrected chi connectivity index (χ2v) is 9.20. The van der Waals surface area contributed by atoms with E-state index in [2.05, 4.69) is 27.7 Å². The number of imide groups is 1. The standard InChI is InChI=1S/C19H22BNO4/c1-16(2)17(3,4)25-20(24-16)18-9-19(10-18,11-18)21-14(22)12-7-5-6-8-13(12)15(21)23/h5-8H,9-11H2,1-4H3. The average Bonchev–Trinajstić information content (AvgIpc) is 2.82. The number of benzene rings is 1. The van der Waals surface area contributed by atoms with Gasteiger partial charge in [-0.1, -0.05) is 12.1 Å². The molecule has 2 aliphatic heterocycles. The van der Waals surface area contributed by atoms with Crippen molar-refractivity contribution < 1.29 is 18.9 Å². The maximum absolute atomic E-state index is 12.7. The molecule has 2 bridgehead atoms. The zero-order valence-corrected chi connectivity index (χ0v) is 15.1. The highest BCUT2D eigenvalue weighted by atomic mass is 16.7. The van der Waals surface area contributed by atoms with E-state index in [1.807, 2.05) is 0 Å². The van der Waals surface area contributed by atoms with Crippen molar-refractivity contribution in [3.05, 3.63) is 35.4 Å². The van der Waals surface area contributed by atoms with Gasteiger partial charge >= 0.3 is 7.12 Å². The summed E-state index contributed by atoms with van der Waals surface area (Å²) >= 11 is 0. The van der Waals surface area contributed by atoms with Crippen molar-refractivity contribution in [1.29, 1.82) is 0 Å². The normalized spacial score (nSPS) is 37.0. The van der Waals surface area contributed by atoms with Crippen LogP contribution in [0.4, 0.5) is 0 Å². The lowest BCUT2D eigenvalue weighted by Crippen LogP contribution is -2.76. The Bertz CT molecular complexity index is 760. The minimum absolute atomic E-state index is 0.0552. The van der Waals surface area contributed by atoms with Gasteiger partial charge in [0.25, 0.3) is 11.8 Å². The third-order valence-corrected chi connectivity index (χ3v) is 7.07. The van der Waals surface area contributed by atoms with Crippen molar-refractivity contribution >= 4 is 18.9 Å². The van der Waals surface area contributed by atoms with Crippen molar-refractivity contribution in [2.24, 2.45) is 0 Å². The van der Waals surface area contributed by atoms with Crippen LogP contribution in [0, 0.1) is 0 Å². The van der Waals surface area contributed by atoms with Crippen LogP contribution in [0.5, 0.6) is 0 Å². The minimum atomic E-state index is -0.351. The van der Waals surface area contributed by atoms with Crippen LogP contribution in [0.2, 0.25) is 5.31 Å². The molecule has 0 N–H and O–H groups in total. The first-order chi connectivity index (χ1) is 11.6. The van der Waals surface area contributed by atoms with Crippen LogP contribution < -0.4 is 0 Å². The number of fused-ring (bicyclic) bond motifs is 1. The van der Waals surface area contributed by atoms with Gasteiger partial charge in [-0.05, 0) is 59.1 Å². The van der Waals surface area contributed by atoms with Crippen LogP contribution in [0.1, 0.15) is 67.7 Å². The molecule has 6 rings (SSSR count). The van der Waals surface area contributed by atoms with Crippen molar-refractivity contribution in [3.8, 4) is 0 Å². The fraction of sp³-hybridized carbons (Fsp3) is 0.579. The molecule has 1 aromatic carbocycles. The molecular weight excluding hydrogens is 317 g/mol. The topological polar surface area (TPSA) is 55.8 Å². The molecule has 0 radical (unpaired) electrons. The largest absolute Gasteiger partial charge is 0.464 e. The fourth-order valence-corrected chi connectivity index (χ4v) is 5.01. The second kappa shape index (κ2) is 4.18. The molecule has 1 aromatic rings. The molecule has 1 saturated heterocycles. The van der Waals surface area contributed by atoms with Crippen molar-refractivity contribution in [2.75, 3.05) is 0 Å². The van der Waals surface area contributed by atoms with Crippen LogP contribution in [0.3, 0.4) is 0 Å². The molecule has 130 valence electrons. The fourth-order valence-electron chi connectivity index (χ4n) is 5.01. The van der Waals surface area contributed by atoms with Gasteiger partial charge < -0.3 is 9.31 Å². The number of nitrogens with zero attached hydrogens (tertiary/aromatic N) is 1. The molecule has 0 spiro atoms. The molecule has 0 atom stereocenters. The first kappa shape index (κ1) is 15.6. The average molecular weight is 339 g/mol. The molecule has 4 fully saturated rings. The summed E-state index contributed by atoms with van der Waals surface area (Å²) in [5.41, 5.74) is 0.0197. The molecule has 25 heavy (non-hydrogen) atoms. The Labute approximate surface area is 147 Å². The van der Waals surface area contributed by atoms with E-state index >= 15 is 0 Å². The van der Waals surface area contributed by atoms with E-state index in [0.29, 0.717) is 11.1 Å². The van der Waals surface area contributed by atoms with E-state index < -0.39 is 0 Å². The van der Waals surface area contributed by atoms with Crippen LogP contribution in [-0.2, 0) is 9.31 Å². The Hall–Kier alpha value is -1.66. The molecule has 3 saturated carbocycles. The first-order valence-electron chi connectivity index (χ1n) is 8.95. The zero-order valence-electron chi connectivity index (χ0n) is 15.1. The van der Waals surface area contributed by atoms with E-state index in [1.54, 1.807) is 24.3 Å². The van der Waals surface area contributed by atoms with Crippen LogP contribution in [0.15, 0.2) is 24.3 Å². The summed E-state index contributed by atoms with van der Waals surface area (Å²) in [6.45, 7) is 8.22. The molecule has 2 amide bonds. The first-order valence-corrected chi connectivity index (χ1v) is 8.95. The van der Waals surface area contributed by atoms with Gasteiger partial charge in [-0.15, -0.1) is 0 Å². The number of carbonyl (C=O) groups is 2. The van der Waals surface area contributed by atoms with Gasteiger partial charge in [0, 0.05) is 5.31 Å². The lowest BCUT2D eigenvalue weighted by atomic mass is 9.26. The summed E-state index contributed by atoms with van der Waals surface area (Å²) in [6, 6.07) is 7.10. The molecular formula is C19H22BNO4. The monoisotopic (exact) mass is 339 g/mol. The van der Waals surface area contributed by atoms with Crippen LogP contribution in [0.25, 0.3) is 0 Å². The predicted molar refractivity (Wildman–Crippen MR) is 92.3 cm³/mol. The smallest absolute Gasteiger partial charge is 0.403 e. The van der Waals surface area contributed by atoms with Gasteiger partial charge in [0.1, 0.15) is 0 Å². The summed E-state index contributed by atoms with van der Waals surface area (Å²) in [4.78, 5) is 27.0. The van der Waals surface area contributed by atoms with E-state index in [-0.39, 0.29) is 41.0 Å². The Balaban J connectivity index is 1.37. The van der Waals surface area contributed by atoms with Crippen LogP contribution >= 0.6 is 0 Å². The molecule has 2 heterocycles. The summed E-state index contributed by atoms with van der Waals surface area (Å²) in [5.74, 6) is -0.300. The Morgan fingerprint density at radius 3 is 1.76 bits per heavy atom. The van der Waals surface area contributed by atoms with Gasteiger partial charge in [-0.2, -0.15) is 0 Å². The summed E-state index contributed by atoms with van der Waals surface area (Å²) in [5, 5.41) is -0.0552.